The predicted octanol–water partition coefficient (Wildman–Crippen LogP) is 3.77. The molecule has 0 aliphatic rings. The minimum atomic E-state index is -1.19. The Morgan fingerprint density at radius 2 is 1.79 bits per heavy atom. The van der Waals surface area contributed by atoms with Gasteiger partial charge in [0.15, 0.2) is 0 Å². The molecule has 0 aliphatic carbocycles. The molecule has 5 N–H and O–H groups in total. The fraction of sp³-hybridized carbons (Fsp3) is 0.0909. The van der Waals surface area contributed by atoms with Crippen molar-refractivity contribution in [2.75, 3.05) is 6.61 Å². The Morgan fingerprint density at radius 3 is 2.45 bits per heavy atom. The van der Waals surface area contributed by atoms with Gasteiger partial charge in [-0.15, -0.1) is 0 Å². The molecule has 0 fully saturated rings. The summed E-state index contributed by atoms with van der Waals surface area (Å²) in [6.45, 7) is 2.48. The Balaban J connectivity index is 1.94. The third kappa shape index (κ3) is 4.52. The monoisotopic (exact) mass is 393 g/mol. The number of aromatic carboxylic acids is 1. The Hall–Kier alpha value is -3.87. The summed E-state index contributed by atoms with van der Waals surface area (Å²) in [6.07, 6.45) is 3.16. The van der Waals surface area contributed by atoms with Crippen LogP contribution in [0.15, 0.2) is 60.7 Å². The van der Waals surface area contributed by atoms with E-state index in [0.717, 1.165) is 17.4 Å². The number of aromatic nitrogens is 1. The van der Waals surface area contributed by atoms with Gasteiger partial charge >= 0.3 is 5.97 Å². The van der Waals surface area contributed by atoms with Crippen LogP contribution in [0.5, 0.6) is 5.75 Å². The van der Waals surface area contributed by atoms with Crippen molar-refractivity contribution in [1.82, 2.24) is 4.98 Å². The second-order valence-corrected chi connectivity index (χ2v) is 6.22. The molecule has 0 saturated carbocycles. The number of allylic oxidation sites excluding steroid dienone is 2. The lowest BCUT2D eigenvalue weighted by atomic mass is 10.1. The lowest BCUT2D eigenvalue weighted by Gasteiger charge is -2.07. The molecule has 29 heavy (non-hydrogen) atoms. The molecule has 3 aromatic rings. The van der Waals surface area contributed by atoms with Crippen LogP contribution in [0.25, 0.3) is 22.3 Å². The summed E-state index contributed by atoms with van der Waals surface area (Å²) >= 11 is 0. The van der Waals surface area contributed by atoms with Gasteiger partial charge < -0.3 is 21.3 Å². The van der Waals surface area contributed by atoms with E-state index in [1.165, 1.54) is 18.2 Å². The Bertz CT molecular complexity index is 1120. The van der Waals surface area contributed by atoms with Crippen molar-refractivity contribution in [3.05, 3.63) is 83.3 Å². The maximum absolute atomic E-state index is 13.5. The number of fused-ring (bicyclic) bond motifs is 1. The largest absolute Gasteiger partial charge is 0.494 e. The van der Waals surface area contributed by atoms with Crippen molar-refractivity contribution in [2.24, 2.45) is 11.5 Å². The number of carboxylic acids is 1. The van der Waals surface area contributed by atoms with Crippen molar-refractivity contribution in [2.45, 2.75) is 6.92 Å². The number of rotatable bonds is 6. The first kappa shape index (κ1) is 19.9. The van der Waals surface area contributed by atoms with E-state index in [1.54, 1.807) is 12.2 Å². The predicted molar refractivity (Wildman–Crippen MR) is 111 cm³/mol. The van der Waals surface area contributed by atoms with Gasteiger partial charge in [0, 0.05) is 11.1 Å². The molecule has 6 nitrogen and oxygen atoms in total. The zero-order valence-corrected chi connectivity index (χ0v) is 15.7. The molecular formula is C22H20FN3O3. The number of carboxylic acid groups (broad SMARTS) is 1. The number of hydrogen-bond donors (Lipinski definition) is 3. The topological polar surface area (TPSA) is 111 Å². The average molecular weight is 393 g/mol. The molecule has 2 aromatic carbocycles. The van der Waals surface area contributed by atoms with Crippen molar-refractivity contribution in [1.29, 1.82) is 0 Å². The quantitative estimate of drug-likeness (QED) is 0.550. The van der Waals surface area contributed by atoms with E-state index in [0.29, 0.717) is 17.8 Å². The van der Waals surface area contributed by atoms with Gasteiger partial charge in [-0.05, 0) is 73.2 Å². The third-order valence-corrected chi connectivity index (χ3v) is 4.24. The Labute approximate surface area is 166 Å². The lowest BCUT2D eigenvalue weighted by molar-refractivity contribution is 0.0699. The molecule has 0 aliphatic heterocycles. The van der Waals surface area contributed by atoms with Crippen LogP contribution in [-0.2, 0) is 0 Å². The zero-order valence-electron chi connectivity index (χ0n) is 15.7. The van der Waals surface area contributed by atoms with E-state index in [9.17, 15) is 14.3 Å². The van der Waals surface area contributed by atoms with Crippen LogP contribution < -0.4 is 16.2 Å². The van der Waals surface area contributed by atoms with Gasteiger partial charge in [-0.2, -0.15) is 0 Å². The van der Waals surface area contributed by atoms with Gasteiger partial charge in [0.05, 0.1) is 29.1 Å². The number of ether oxygens (including phenoxy) is 1. The summed E-state index contributed by atoms with van der Waals surface area (Å²) in [5, 5.41) is 9.66. The maximum atomic E-state index is 13.5. The molecule has 148 valence electrons. The highest BCUT2D eigenvalue weighted by atomic mass is 19.1. The fourth-order valence-corrected chi connectivity index (χ4v) is 2.79. The molecule has 0 bridgehead atoms. The summed E-state index contributed by atoms with van der Waals surface area (Å²) < 4.78 is 18.9. The first-order valence-corrected chi connectivity index (χ1v) is 8.89. The Kier molecular flexibility index (Phi) is 5.78. The average Bonchev–Trinajstić information content (AvgIpc) is 2.71. The van der Waals surface area contributed by atoms with E-state index < -0.39 is 11.8 Å². The van der Waals surface area contributed by atoms with Crippen LogP contribution in [0.3, 0.4) is 0 Å². The molecule has 1 heterocycles. The first-order chi connectivity index (χ1) is 13.9. The van der Waals surface area contributed by atoms with Crippen molar-refractivity contribution in [3.8, 4) is 5.75 Å². The molecule has 3 rings (SSSR count). The van der Waals surface area contributed by atoms with Crippen LogP contribution in [0.4, 0.5) is 4.39 Å². The number of benzene rings is 2. The second kappa shape index (κ2) is 8.43. The van der Waals surface area contributed by atoms with Crippen LogP contribution >= 0.6 is 0 Å². The van der Waals surface area contributed by atoms with E-state index in [-0.39, 0.29) is 22.3 Å². The number of pyridine rings is 1. The number of carbonyl (C=O) groups is 1. The van der Waals surface area contributed by atoms with E-state index in [4.69, 9.17) is 16.2 Å². The summed E-state index contributed by atoms with van der Waals surface area (Å²) in [7, 11) is 0. The minimum Gasteiger partial charge on any atom is -0.494 e. The van der Waals surface area contributed by atoms with Gasteiger partial charge in [-0.25, -0.2) is 14.2 Å². The highest BCUT2D eigenvalue weighted by molar-refractivity contribution is 6.03. The van der Waals surface area contributed by atoms with Crippen LogP contribution in [0, 0.1) is 5.82 Å². The summed E-state index contributed by atoms with van der Waals surface area (Å²) in [6, 6.07) is 12.4. The molecule has 0 atom stereocenters. The number of nitrogens with two attached hydrogens (primary N) is 2. The summed E-state index contributed by atoms with van der Waals surface area (Å²) in [5.41, 5.74) is 14.2. The standard InChI is InChI=1S/C22H20FN3O3/c1-2-29-15-6-3-13(4-7-15)18(24)8-9-19(25)21-12-17(22(27)28)16-11-14(23)5-10-20(16)26-21/h3-12H,2,24-25H2,1H3,(H,27,28)/b18-8-,19-9-. The van der Waals surface area contributed by atoms with E-state index in [2.05, 4.69) is 4.98 Å². The first-order valence-electron chi connectivity index (χ1n) is 8.89. The molecule has 0 saturated heterocycles. The van der Waals surface area contributed by atoms with Crippen LogP contribution in [0.2, 0.25) is 0 Å². The molecule has 7 heteroatoms. The molecule has 0 spiro atoms. The van der Waals surface area contributed by atoms with Gasteiger partial charge in [-0.3, -0.25) is 0 Å². The number of halogens is 1. The number of nitrogens with zero attached hydrogens (tertiary/aromatic N) is 1. The van der Waals surface area contributed by atoms with Crippen molar-refractivity contribution >= 4 is 28.3 Å². The van der Waals surface area contributed by atoms with Crippen molar-refractivity contribution < 1.29 is 19.0 Å². The van der Waals surface area contributed by atoms with Gasteiger partial charge in [0.2, 0.25) is 0 Å². The molecule has 0 radical (unpaired) electrons. The van der Waals surface area contributed by atoms with Crippen LogP contribution in [0.1, 0.15) is 28.5 Å². The normalized spacial score (nSPS) is 12.2. The highest BCUT2D eigenvalue weighted by Gasteiger charge is 2.13. The van der Waals surface area contributed by atoms with Gasteiger partial charge in [0.25, 0.3) is 0 Å². The molecule has 0 amide bonds. The Morgan fingerprint density at radius 1 is 1.10 bits per heavy atom. The van der Waals surface area contributed by atoms with Crippen molar-refractivity contribution in [3.63, 3.8) is 0 Å². The smallest absolute Gasteiger partial charge is 0.336 e. The fourth-order valence-electron chi connectivity index (χ4n) is 2.79. The molecule has 0 unspecified atom stereocenters. The summed E-state index contributed by atoms with van der Waals surface area (Å²) in [5.74, 6) is -0.984. The van der Waals surface area contributed by atoms with E-state index in [1.807, 2.05) is 31.2 Å². The molecule has 1 aromatic heterocycles. The highest BCUT2D eigenvalue weighted by Crippen LogP contribution is 2.22. The van der Waals surface area contributed by atoms with Gasteiger partial charge in [-0.1, -0.05) is 0 Å². The molecular weight excluding hydrogens is 373 g/mol. The third-order valence-electron chi connectivity index (χ3n) is 4.24. The number of hydrogen-bond acceptors (Lipinski definition) is 5. The van der Waals surface area contributed by atoms with Crippen LogP contribution in [-0.4, -0.2) is 22.7 Å². The lowest BCUT2D eigenvalue weighted by Crippen LogP contribution is -2.05. The SMILES string of the molecule is CCOc1ccc(/C(N)=C/C=C(\N)c2cc(C(=O)O)c3cc(F)ccc3n2)cc1. The minimum absolute atomic E-state index is 0.0793. The maximum Gasteiger partial charge on any atom is 0.336 e. The zero-order chi connectivity index (χ0) is 21.0. The second-order valence-electron chi connectivity index (χ2n) is 6.22. The van der Waals surface area contributed by atoms with E-state index >= 15 is 0 Å². The van der Waals surface area contributed by atoms with Gasteiger partial charge in [0.1, 0.15) is 11.6 Å². The summed E-state index contributed by atoms with van der Waals surface area (Å²) in [4.78, 5) is 15.9.